The van der Waals surface area contributed by atoms with Crippen LogP contribution in [0.2, 0.25) is 0 Å². The van der Waals surface area contributed by atoms with Gasteiger partial charge in [0, 0.05) is 10.9 Å². The minimum Gasteiger partial charge on any atom is -0.483 e. The Morgan fingerprint density at radius 1 is 1.30 bits per heavy atom. The summed E-state index contributed by atoms with van der Waals surface area (Å²) < 4.78 is 11.2. The molecule has 0 radical (unpaired) electrons. The lowest BCUT2D eigenvalue weighted by molar-refractivity contribution is -0.122. The second-order valence-corrected chi connectivity index (χ2v) is 7.89. The van der Waals surface area contributed by atoms with E-state index in [1.165, 1.54) is 11.3 Å². The number of nitrogens with zero attached hydrogens (tertiary/aromatic N) is 1. The van der Waals surface area contributed by atoms with E-state index in [1.807, 2.05) is 49.6 Å². The predicted octanol–water partition coefficient (Wildman–Crippen LogP) is 4.16. The molecule has 0 spiro atoms. The largest absolute Gasteiger partial charge is 0.483 e. The van der Waals surface area contributed by atoms with Crippen LogP contribution < -0.4 is 20.1 Å². The molecule has 8 heteroatoms. The Bertz CT molecular complexity index is 1130. The molecule has 4 rings (SSSR count). The van der Waals surface area contributed by atoms with Gasteiger partial charge in [-0.3, -0.25) is 14.9 Å². The van der Waals surface area contributed by atoms with Gasteiger partial charge in [-0.25, -0.2) is 4.98 Å². The van der Waals surface area contributed by atoms with Crippen LogP contribution in [0.1, 0.15) is 18.1 Å². The summed E-state index contributed by atoms with van der Waals surface area (Å²) >= 11 is 1.32. The SMILES string of the molecule is Cc1cccc(OCC(=O)Nc2nc(-c3ccc4c(c3)NC(=O)C(C)O4)cs2)c1C. The highest BCUT2D eigenvalue weighted by atomic mass is 32.1. The molecule has 30 heavy (non-hydrogen) atoms. The van der Waals surface area contributed by atoms with Crippen molar-refractivity contribution in [2.75, 3.05) is 17.2 Å². The number of benzene rings is 2. The third kappa shape index (κ3) is 4.13. The zero-order valence-electron chi connectivity index (χ0n) is 16.8. The van der Waals surface area contributed by atoms with Crippen molar-refractivity contribution in [3.8, 4) is 22.8 Å². The number of hydrogen-bond acceptors (Lipinski definition) is 6. The van der Waals surface area contributed by atoms with Gasteiger partial charge in [0.05, 0.1) is 11.4 Å². The fourth-order valence-corrected chi connectivity index (χ4v) is 3.75. The molecule has 2 heterocycles. The number of nitrogens with one attached hydrogen (secondary N) is 2. The maximum absolute atomic E-state index is 12.3. The molecule has 0 bridgehead atoms. The summed E-state index contributed by atoms with van der Waals surface area (Å²) in [6, 6.07) is 11.2. The number of thiazole rings is 1. The molecule has 1 unspecified atom stereocenters. The molecule has 1 aliphatic heterocycles. The van der Waals surface area contributed by atoms with Crippen molar-refractivity contribution in [3.63, 3.8) is 0 Å². The van der Waals surface area contributed by atoms with Gasteiger partial charge >= 0.3 is 0 Å². The number of rotatable bonds is 5. The van der Waals surface area contributed by atoms with E-state index < -0.39 is 6.10 Å². The van der Waals surface area contributed by atoms with Crippen LogP contribution in [0.5, 0.6) is 11.5 Å². The average molecular weight is 423 g/mol. The van der Waals surface area contributed by atoms with Crippen molar-refractivity contribution in [2.24, 2.45) is 0 Å². The number of anilines is 2. The van der Waals surface area contributed by atoms with Crippen molar-refractivity contribution in [1.82, 2.24) is 4.98 Å². The maximum Gasteiger partial charge on any atom is 0.265 e. The van der Waals surface area contributed by atoms with E-state index in [0.717, 1.165) is 16.7 Å². The molecule has 7 nitrogen and oxygen atoms in total. The molecule has 2 amide bonds. The Balaban J connectivity index is 1.41. The van der Waals surface area contributed by atoms with E-state index in [0.29, 0.717) is 28.0 Å². The summed E-state index contributed by atoms with van der Waals surface area (Å²) in [6.07, 6.45) is -0.518. The van der Waals surface area contributed by atoms with Gasteiger partial charge in [-0.15, -0.1) is 11.3 Å². The fourth-order valence-electron chi connectivity index (χ4n) is 3.01. The third-order valence-electron chi connectivity index (χ3n) is 4.87. The Hall–Kier alpha value is -3.39. The van der Waals surface area contributed by atoms with E-state index in [9.17, 15) is 9.59 Å². The first-order valence-corrected chi connectivity index (χ1v) is 10.3. The number of aryl methyl sites for hydroxylation is 1. The number of hydrogen-bond donors (Lipinski definition) is 2. The van der Waals surface area contributed by atoms with E-state index in [4.69, 9.17) is 9.47 Å². The molecule has 1 aliphatic rings. The molecule has 0 saturated heterocycles. The minimum atomic E-state index is -0.518. The van der Waals surface area contributed by atoms with E-state index >= 15 is 0 Å². The number of aromatic nitrogens is 1. The first-order chi connectivity index (χ1) is 14.4. The molecule has 2 aromatic carbocycles. The highest BCUT2D eigenvalue weighted by Crippen LogP contribution is 2.35. The topological polar surface area (TPSA) is 89.5 Å². The van der Waals surface area contributed by atoms with Crippen LogP contribution >= 0.6 is 11.3 Å². The standard InChI is InChI=1S/C22H21N3O4S/c1-12-5-4-6-18(13(12)2)28-10-20(26)25-22-24-17(11-30-22)15-7-8-19-16(9-15)23-21(27)14(3)29-19/h4-9,11,14H,10H2,1-3H3,(H,23,27)(H,24,25,26). The Morgan fingerprint density at radius 2 is 2.13 bits per heavy atom. The zero-order valence-corrected chi connectivity index (χ0v) is 17.6. The van der Waals surface area contributed by atoms with Gasteiger partial charge in [-0.1, -0.05) is 12.1 Å². The smallest absolute Gasteiger partial charge is 0.265 e. The van der Waals surface area contributed by atoms with Crippen LogP contribution in [0, 0.1) is 13.8 Å². The summed E-state index contributed by atoms with van der Waals surface area (Å²) in [5.74, 6) is 0.849. The van der Waals surface area contributed by atoms with Gasteiger partial charge in [0.25, 0.3) is 11.8 Å². The van der Waals surface area contributed by atoms with Crippen molar-refractivity contribution < 1.29 is 19.1 Å². The van der Waals surface area contributed by atoms with Gasteiger partial charge in [-0.05, 0) is 56.2 Å². The van der Waals surface area contributed by atoms with Gasteiger partial charge in [0.15, 0.2) is 17.8 Å². The van der Waals surface area contributed by atoms with Crippen LogP contribution in [-0.2, 0) is 9.59 Å². The normalized spacial score (nSPS) is 15.0. The fraction of sp³-hybridized carbons (Fsp3) is 0.227. The third-order valence-corrected chi connectivity index (χ3v) is 5.63. The molecular formula is C22H21N3O4S. The lowest BCUT2D eigenvalue weighted by atomic mass is 10.1. The van der Waals surface area contributed by atoms with Gasteiger partial charge in [0.1, 0.15) is 11.5 Å². The zero-order chi connectivity index (χ0) is 21.3. The van der Waals surface area contributed by atoms with Crippen molar-refractivity contribution in [3.05, 3.63) is 52.9 Å². The molecular weight excluding hydrogens is 402 g/mol. The predicted molar refractivity (Wildman–Crippen MR) is 116 cm³/mol. The first kappa shape index (κ1) is 19.9. The van der Waals surface area contributed by atoms with Crippen molar-refractivity contribution in [2.45, 2.75) is 26.9 Å². The summed E-state index contributed by atoms with van der Waals surface area (Å²) in [5.41, 5.74) is 4.24. The summed E-state index contributed by atoms with van der Waals surface area (Å²) in [4.78, 5) is 28.5. The van der Waals surface area contributed by atoms with Crippen LogP contribution in [0.25, 0.3) is 11.3 Å². The van der Waals surface area contributed by atoms with Crippen LogP contribution in [-0.4, -0.2) is 29.5 Å². The number of amides is 2. The first-order valence-electron chi connectivity index (χ1n) is 9.47. The number of fused-ring (bicyclic) bond motifs is 1. The molecule has 0 aliphatic carbocycles. The molecule has 1 aromatic heterocycles. The van der Waals surface area contributed by atoms with Crippen LogP contribution in [0.4, 0.5) is 10.8 Å². The van der Waals surface area contributed by atoms with Crippen molar-refractivity contribution in [1.29, 1.82) is 0 Å². The van der Waals surface area contributed by atoms with E-state index in [2.05, 4.69) is 15.6 Å². The van der Waals surface area contributed by atoms with Gasteiger partial charge in [-0.2, -0.15) is 0 Å². The lowest BCUT2D eigenvalue weighted by Gasteiger charge is -2.23. The second kappa shape index (κ2) is 8.16. The van der Waals surface area contributed by atoms with E-state index in [-0.39, 0.29) is 18.4 Å². The Labute approximate surface area is 178 Å². The van der Waals surface area contributed by atoms with Crippen molar-refractivity contribution >= 4 is 34.0 Å². The molecule has 1 atom stereocenters. The quantitative estimate of drug-likeness (QED) is 0.643. The summed E-state index contributed by atoms with van der Waals surface area (Å²) in [5, 5.41) is 7.91. The molecule has 3 aromatic rings. The lowest BCUT2D eigenvalue weighted by Crippen LogP contribution is -2.34. The van der Waals surface area contributed by atoms with Gasteiger partial charge < -0.3 is 14.8 Å². The highest BCUT2D eigenvalue weighted by molar-refractivity contribution is 7.14. The molecule has 0 saturated carbocycles. The van der Waals surface area contributed by atoms with E-state index in [1.54, 1.807) is 13.0 Å². The number of carbonyl (C=O) groups excluding carboxylic acids is 2. The summed E-state index contributed by atoms with van der Waals surface area (Å²) in [7, 11) is 0. The molecule has 0 fully saturated rings. The number of ether oxygens (including phenoxy) is 2. The average Bonchev–Trinajstić information content (AvgIpc) is 3.18. The molecule has 2 N–H and O–H groups in total. The Kier molecular flexibility index (Phi) is 5.41. The van der Waals surface area contributed by atoms with Crippen LogP contribution in [0.15, 0.2) is 41.8 Å². The minimum absolute atomic E-state index is 0.0976. The second-order valence-electron chi connectivity index (χ2n) is 7.03. The van der Waals surface area contributed by atoms with Gasteiger partial charge in [0.2, 0.25) is 0 Å². The molecule has 154 valence electrons. The monoisotopic (exact) mass is 423 g/mol. The Morgan fingerprint density at radius 3 is 2.97 bits per heavy atom. The van der Waals surface area contributed by atoms with Crippen LogP contribution in [0.3, 0.4) is 0 Å². The highest BCUT2D eigenvalue weighted by Gasteiger charge is 2.24. The summed E-state index contributed by atoms with van der Waals surface area (Å²) in [6.45, 7) is 5.56. The maximum atomic E-state index is 12.3. The number of carbonyl (C=O) groups is 2.